The van der Waals surface area contributed by atoms with E-state index in [0.717, 1.165) is 28.4 Å². The molecule has 208 valence electrons. The molecule has 13 heteroatoms. The van der Waals surface area contributed by atoms with Gasteiger partial charge in [0.15, 0.2) is 0 Å². The first-order valence-corrected chi connectivity index (χ1v) is 13.0. The third-order valence-electron chi connectivity index (χ3n) is 5.66. The second kappa shape index (κ2) is 12.0. The maximum atomic E-state index is 13.9. The Balaban J connectivity index is 1.83. The van der Waals surface area contributed by atoms with Crippen LogP contribution in [0.4, 0.5) is 24.5 Å². The van der Waals surface area contributed by atoms with Gasteiger partial charge in [-0.15, -0.1) is 11.3 Å². The van der Waals surface area contributed by atoms with Gasteiger partial charge in [0.1, 0.15) is 12.6 Å². The number of thiophene rings is 1. The minimum atomic E-state index is -4.77. The number of amides is 3. The number of carbonyl (C=O) groups excluding carboxylic acids is 3. The van der Waals surface area contributed by atoms with E-state index >= 15 is 0 Å². The van der Waals surface area contributed by atoms with Crippen molar-refractivity contribution in [3.63, 3.8) is 0 Å². The molecule has 1 aliphatic rings. The summed E-state index contributed by atoms with van der Waals surface area (Å²) in [5.74, 6) is -1.59. The van der Waals surface area contributed by atoms with E-state index in [-0.39, 0.29) is 43.1 Å². The van der Waals surface area contributed by atoms with Crippen LogP contribution in [-0.2, 0) is 20.5 Å². The lowest BCUT2D eigenvalue weighted by atomic mass is 9.95. The molecule has 1 aromatic carbocycles. The third kappa shape index (κ3) is 7.92. The van der Waals surface area contributed by atoms with Gasteiger partial charge in [0.2, 0.25) is 5.91 Å². The molecule has 3 amide bonds. The average Bonchev–Trinajstić information content (AvgIpc) is 3.24. The second-order valence-electron chi connectivity index (χ2n) is 10.1. The lowest BCUT2D eigenvalue weighted by molar-refractivity contribution is -0.137. The first-order valence-electron chi connectivity index (χ1n) is 11.8. The van der Waals surface area contributed by atoms with Crippen LogP contribution in [-0.4, -0.2) is 68.6 Å². The highest BCUT2D eigenvalue weighted by Crippen LogP contribution is 2.39. The minimum absolute atomic E-state index is 0.0115. The van der Waals surface area contributed by atoms with Crippen molar-refractivity contribution < 1.29 is 32.3 Å². The molecule has 3 rings (SSSR count). The molecule has 1 atom stereocenters. The first kappa shape index (κ1) is 29.9. The number of morpholine rings is 1. The smallest absolute Gasteiger partial charge is 0.370 e. The summed E-state index contributed by atoms with van der Waals surface area (Å²) >= 11 is 6.99. The third-order valence-corrected chi connectivity index (χ3v) is 6.89. The van der Waals surface area contributed by atoms with Crippen molar-refractivity contribution in [3.05, 3.63) is 45.1 Å². The van der Waals surface area contributed by atoms with E-state index in [1.807, 2.05) is 20.8 Å². The number of nitrogens with zero attached hydrogens (tertiary/aromatic N) is 2. The van der Waals surface area contributed by atoms with E-state index < -0.39 is 35.5 Å². The summed E-state index contributed by atoms with van der Waals surface area (Å²) in [7, 11) is 1.71. The fourth-order valence-electron chi connectivity index (χ4n) is 4.09. The molecule has 1 saturated heterocycles. The topological polar surface area (TPSA) is 91.0 Å². The van der Waals surface area contributed by atoms with E-state index in [9.17, 15) is 27.6 Å². The molecule has 1 aromatic heterocycles. The van der Waals surface area contributed by atoms with Crippen LogP contribution in [0.15, 0.2) is 30.3 Å². The SMILES string of the molecule is CN(CC(C)(C)C)[C@@H](CNC(=O)c1ccc(Cl)s1)C(=O)Nc1ccc(N2CCOCC2=O)c(C(F)(F)F)c1. The highest BCUT2D eigenvalue weighted by Gasteiger charge is 2.37. The molecule has 0 aliphatic carbocycles. The maximum Gasteiger partial charge on any atom is 0.418 e. The molecule has 8 nitrogen and oxygen atoms in total. The number of likely N-dealkylation sites (N-methyl/N-ethyl adjacent to an activating group) is 1. The van der Waals surface area contributed by atoms with E-state index in [1.54, 1.807) is 24.1 Å². The normalized spacial score (nSPS) is 15.5. The first-order chi connectivity index (χ1) is 17.7. The van der Waals surface area contributed by atoms with Crippen LogP contribution < -0.4 is 15.5 Å². The molecule has 0 bridgehead atoms. The predicted octanol–water partition coefficient (Wildman–Crippen LogP) is 4.50. The monoisotopic (exact) mass is 574 g/mol. The number of alkyl halides is 3. The summed E-state index contributed by atoms with van der Waals surface area (Å²) in [4.78, 5) is 41.2. The van der Waals surface area contributed by atoms with Crippen molar-refractivity contribution in [2.24, 2.45) is 5.41 Å². The summed E-state index contributed by atoms with van der Waals surface area (Å²) in [5, 5.41) is 5.26. The molecule has 2 heterocycles. The van der Waals surface area contributed by atoms with Gasteiger partial charge in [0.25, 0.3) is 11.8 Å². The standard InChI is InChI=1S/C25H30ClF3N4O4S/c1-24(2,3)14-32(4)18(12-30-23(36)19-7-8-20(26)38-19)22(35)31-15-5-6-17(16(11-15)25(27,28)29)33-9-10-37-13-21(33)34/h5-8,11,18H,9-10,12-14H2,1-4H3,(H,30,36)(H,31,35)/t18-/m0/s1. The molecule has 0 radical (unpaired) electrons. The second-order valence-corrected chi connectivity index (χ2v) is 11.8. The zero-order valence-electron chi connectivity index (χ0n) is 21.4. The van der Waals surface area contributed by atoms with Crippen molar-refractivity contribution in [3.8, 4) is 0 Å². The molecule has 0 spiro atoms. The molecule has 2 N–H and O–H groups in total. The van der Waals surface area contributed by atoms with Crippen molar-refractivity contribution >= 4 is 52.0 Å². The molecular formula is C25H30ClF3N4O4S. The van der Waals surface area contributed by atoms with Gasteiger partial charge in [-0.05, 0) is 42.8 Å². The highest BCUT2D eigenvalue weighted by atomic mass is 35.5. The summed E-state index contributed by atoms with van der Waals surface area (Å²) < 4.78 is 47.3. The molecule has 0 unspecified atom stereocenters. The molecule has 38 heavy (non-hydrogen) atoms. The van der Waals surface area contributed by atoms with Crippen molar-refractivity contribution in [2.45, 2.75) is 33.0 Å². The summed E-state index contributed by atoms with van der Waals surface area (Å²) in [6, 6.07) is 5.56. The Hall–Kier alpha value is -2.67. The number of hydrogen-bond acceptors (Lipinski definition) is 6. The van der Waals surface area contributed by atoms with E-state index in [1.165, 1.54) is 6.07 Å². The van der Waals surface area contributed by atoms with Gasteiger partial charge in [0, 0.05) is 25.3 Å². The number of hydrogen-bond donors (Lipinski definition) is 2. The Kier molecular flexibility index (Phi) is 9.45. The molecule has 1 aliphatic heterocycles. The Bertz CT molecular complexity index is 1180. The van der Waals surface area contributed by atoms with Crippen LogP contribution in [0, 0.1) is 5.41 Å². The van der Waals surface area contributed by atoms with Crippen LogP contribution in [0.1, 0.15) is 36.0 Å². The van der Waals surface area contributed by atoms with E-state index in [4.69, 9.17) is 16.3 Å². The van der Waals surface area contributed by atoms with Gasteiger partial charge >= 0.3 is 6.18 Å². The van der Waals surface area contributed by atoms with E-state index in [2.05, 4.69) is 10.6 Å². The highest BCUT2D eigenvalue weighted by molar-refractivity contribution is 7.18. The van der Waals surface area contributed by atoms with Crippen LogP contribution in [0.2, 0.25) is 4.34 Å². The number of carbonyl (C=O) groups is 3. The summed E-state index contributed by atoms with van der Waals surface area (Å²) in [6.45, 7) is 6.12. The van der Waals surface area contributed by atoms with Gasteiger partial charge in [-0.1, -0.05) is 32.4 Å². The van der Waals surface area contributed by atoms with Crippen LogP contribution >= 0.6 is 22.9 Å². The minimum Gasteiger partial charge on any atom is -0.370 e. The number of halogens is 4. The number of anilines is 2. The maximum absolute atomic E-state index is 13.9. The van der Waals surface area contributed by atoms with Crippen molar-refractivity contribution in [2.75, 3.05) is 50.1 Å². The van der Waals surface area contributed by atoms with Gasteiger partial charge in [0.05, 0.1) is 27.1 Å². The quantitative estimate of drug-likeness (QED) is 0.485. The zero-order chi connectivity index (χ0) is 28.3. The van der Waals surface area contributed by atoms with E-state index in [0.29, 0.717) is 15.8 Å². The number of benzene rings is 1. The molecule has 2 aromatic rings. The van der Waals surface area contributed by atoms with Gasteiger partial charge < -0.3 is 20.3 Å². The average molecular weight is 575 g/mol. The summed E-state index contributed by atoms with van der Waals surface area (Å²) in [6.07, 6.45) is -4.77. The molecule has 1 fully saturated rings. The Morgan fingerprint density at radius 1 is 1.21 bits per heavy atom. The Morgan fingerprint density at radius 2 is 1.92 bits per heavy atom. The molecular weight excluding hydrogens is 545 g/mol. The Labute approximate surface area is 228 Å². The van der Waals surface area contributed by atoms with Crippen LogP contribution in [0.25, 0.3) is 0 Å². The fraction of sp³-hybridized carbons (Fsp3) is 0.480. The number of rotatable bonds is 8. The lowest BCUT2D eigenvalue weighted by Crippen LogP contribution is -2.51. The zero-order valence-corrected chi connectivity index (χ0v) is 23.0. The molecule has 0 saturated carbocycles. The predicted molar refractivity (Wildman–Crippen MR) is 141 cm³/mol. The van der Waals surface area contributed by atoms with Gasteiger partial charge in [-0.2, -0.15) is 13.2 Å². The van der Waals surface area contributed by atoms with Gasteiger partial charge in [-0.25, -0.2) is 0 Å². The number of nitrogens with one attached hydrogen (secondary N) is 2. The van der Waals surface area contributed by atoms with Crippen LogP contribution in [0.3, 0.4) is 0 Å². The Morgan fingerprint density at radius 3 is 2.50 bits per heavy atom. The largest absolute Gasteiger partial charge is 0.418 e. The number of ether oxygens (including phenoxy) is 1. The van der Waals surface area contributed by atoms with Crippen molar-refractivity contribution in [1.29, 1.82) is 0 Å². The van der Waals surface area contributed by atoms with Crippen LogP contribution in [0.5, 0.6) is 0 Å². The van der Waals surface area contributed by atoms with Gasteiger partial charge in [-0.3, -0.25) is 19.3 Å². The van der Waals surface area contributed by atoms with Crippen molar-refractivity contribution in [1.82, 2.24) is 10.2 Å². The lowest BCUT2D eigenvalue weighted by Gasteiger charge is -2.33. The summed E-state index contributed by atoms with van der Waals surface area (Å²) in [5.41, 5.74) is -1.63. The fourth-order valence-corrected chi connectivity index (χ4v) is 5.05.